The molecule has 5 rings (SSSR count). The van der Waals surface area contributed by atoms with Crippen molar-refractivity contribution in [3.8, 4) is 11.3 Å². The molecule has 2 aromatic heterocycles. The number of halogens is 3. The molecule has 0 saturated carbocycles. The number of pyridine rings is 1. The number of piperidine rings is 1. The fraction of sp³-hybridized carbons (Fsp3) is 0.310. The van der Waals surface area contributed by atoms with Crippen molar-refractivity contribution in [1.82, 2.24) is 15.3 Å². The van der Waals surface area contributed by atoms with Gasteiger partial charge in [0.05, 0.1) is 16.9 Å². The van der Waals surface area contributed by atoms with Crippen molar-refractivity contribution in [3.63, 3.8) is 0 Å². The molecule has 0 aliphatic carbocycles. The van der Waals surface area contributed by atoms with E-state index in [0.29, 0.717) is 12.5 Å². The van der Waals surface area contributed by atoms with Crippen LogP contribution < -0.4 is 10.2 Å². The monoisotopic (exact) mass is 586 g/mol. The van der Waals surface area contributed by atoms with Gasteiger partial charge in [-0.1, -0.05) is 42.5 Å². The van der Waals surface area contributed by atoms with Crippen molar-refractivity contribution in [2.75, 3.05) is 24.5 Å². The minimum Gasteiger partial charge on any atom is -0.475 e. The summed E-state index contributed by atoms with van der Waals surface area (Å²) < 4.78 is 36.9. The number of alkyl carbamates (subject to hydrolysis) is 1. The number of aliphatic carboxylic acids is 1. The Morgan fingerprint density at radius 3 is 2.46 bits per heavy atom. The van der Waals surface area contributed by atoms with Crippen LogP contribution in [0.15, 0.2) is 71.6 Å². The van der Waals surface area contributed by atoms with Crippen LogP contribution in [0.25, 0.3) is 22.0 Å². The van der Waals surface area contributed by atoms with E-state index >= 15 is 0 Å². The van der Waals surface area contributed by atoms with E-state index in [2.05, 4.69) is 75.9 Å². The van der Waals surface area contributed by atoms with Gasteiger partial charge < -0.3 is 20.1 Å². The van der Waals surface area contributed by atoms with Crippen molar-refractivity contribution in [2.45, 2.75) is 32.0 Å². The maximum Gasteiger partial charge on any atom is 0.490 e. The molecule has 0 unspecified atom stereocenters. The average Bonchev–Trinajstić information content (AvgIpc) is 3.50. The van der Waals surface area contributed by atoms with Crippen molar-refractivity contribution < 1.29 is 32.6 Å². The second kappa shape index (κ2) is 13.9. The zero-order valence-corrected chi connectivity index (χ0v) is 22.8. The molecule has 1 aliphatic rings. The Labute approximate surface area is 238 Å². The number of anilines is 1. The minimum atomic E-state index is -5.08. The number of fused-ring (bicyclic) bond motifs is 1. The first-order chi connectivity index (χ1) is 19.7. The first kappa shape index (κ1) is 29.8. The maximum absolute atomic E-state index is 11.9. The summed E-state index contributed by atoms with van der Waals surface area (Å²) in [5.41, 5.74) is 4.66. The molecule has 0 spiro atoms. The second-order valence-corrected chi connectivity index (χ2v) is 10.2. The van der Waals surface area contributed by atoms with Crippen molar-refractivity contribution in [2.24, 2.45) is 5.92 Å². The summed E-state index contributed by atoms with van der Waals surface area (Å²) in [6.07, 6.45) is -2.31. The predicted molar refractivity (Wildman–Crippen MR) is 151 cm³/mol. The van der Waals surface area contributed by atoms with E-state index in [1.807, 2.05) is 5.38 Å². The smallest absolute Gasteiger partial charge is 0.475 e. The van der Waals surface area contributed by atoms with E-state index < -0.39 is 12.1 Å². The molecule has 0 bridgehead atoms. The molecule has 2 aromatic carbocycles. The summed E-state index contributed by atoms with van der Waals surface area (Å²) in [5.74, 6) is -1.13. The number of carbonyl (C=O) groups excluding carboxylic acids is 1. The highest BCUT2D eigenvalue weighted by Crippen LogP contribution is 2.28. The fourth-order valence-electron chi connectivity index (χ4n) is 4.44. The van der Waals surface area contributed by atoms with Gasteiger partial charge in [-0.25, -0.2) is 19.6 Å². The Morgan fingerprint density at radius 1 is 1.05 bits per heavy atom. The molecule has 3 heterocycles. The van der Waals surface area contributed by atoms with Crippen LogP contribution in [0.2, 0.25) is 0 Å². The molecule has 8 nitrogen and oxygen atoms in total. The van der Waals surface area contributed by atoms with Gasteiger partial charge in [-0.05, 0) is 54.2 Å². The summed E-state index contributed by atoms with van der Waals surface area (Å²) in [7, 11) is 0. The van der Waals surface area contributed by atoms with Crippen molar-refractivity contribution >= 4 is 40.0 Å². The molecule has 1 aliphatic heterocycles. The Kier molecular flexibility index (Phi) is 10.1. The van der Waals surface area contributed by atoms with Gasteiger partial charge in [0.15, 0.2) is 0 Å². The average molecular weight is 587 g/mol. The number of nitrogens with zero attached hydrogens (tertiary/aromatic N) is 3. The van der Waals surface area contributed by atoms with Gasteiger partial charge in [0.25, 0.3) is 0 Å². The zero-order chi connectivity index (χ0) is 29.2. The second-order valence-electron chi connectivity index (χ2n) is 9.45. The number of aromatic nitrogens is 2. The number of carbonyl (C=O) groups is 2. The Bertz CT molecular complexity index is 1440. The van der Waals surface area contributed by atoms with Crippen LogP contribution in [0.5, 0.6) is 0 Å². The molecule has 12 heteroatoms. The van der Waals surface area contributed by atoms with Crippen LogP contribution in [0.4, 0.5) is 23.8 Å². The molecule has 216 valence electrons. The number of amides is 1. The van der Waals surface area contributed by atoms with E-state index in [9.17, 15) is 18.0 Å². The van der Waals surface area contributed by atoms with Crippen LogP contribution >= 0.6 is 11.3 Å². The third-order valence-corrected chi connectivity index (χ3v) is 7.25. The van der Waals surface area contributed by atoms with Gasteiger partial charge in [-0.15, -0.1) is 11.3 Å². The van der Waals surface area contributed by atoms with Crippen LogP contribution in [-0.4, -0.2) is 52.9 Å². The summed E-state index contributed by atoms with van der Waals surface area (Å²) in [6.45, 7) is 2.81. The number of rotatable bonds is 7. The zero-order valence-electron chi connectivity index (χ0n) is 22.0. The predicted octanol–water partition coefficient (Wildman–Crippen LogP) is 6.52. The first-order valence-corrected chi connectivity index (χ1v) is 13.9. The highest BCUT2D eigenvalue weighted by Gasteiger charge is 2.38. The van der Waals surface area contributed by atoms with Crippen molar-refractivity contribution in [3.05, 3.63) is 77.2 Å². The minimum absolute atomic E-state index is 0.221. The van der Waals surface area contributed by atoms with E-state index in [1.165, 1.54) is 22.1 Å². The van der Waals surface area contributed by atoms with Gasteiger partial charge in [-0.2, -0.15) is 13.2 Å². The number of thiazole rings is 1. The first-order valence-electron chi connectivity index (χ1n) is 13.0. The van der Waals surface area contributed by atoms with Crippen LogP contribution in [0, 0.1) is 5.92 Å². The van der Waals surface area contributed by atoms with Gasteiger partial charge >= 0.3 is 18.2 Å². The molecule has 2 N–H and O–H groups in total. The summed E-state index contributed by atoms with van der Waals surface area (Å²) in [4.78, 5) is 32.2. The summed E-state index contributed by atoms with van der Waals surface area (Å²) in [5, 5.41) is 14.3. The lowest BCUT2D eigenvalue weighted by atomic mass is 9.93. The van der Waals surface area contributed by atoms with E-state index in [4.69, 9.17) is 19.6 Å². The van der Waals surface area contributed by atoms with Gasteiger partial charge in [0, 0.05) is 30.6 Å². The molecule has 1 fully saturated rings. The number of ether oxygens (including phenoxy) is 1. The number of nitrogens with one attached hydrogen (secondary N) is 1. The third kappa shape index (κ3) is 8.90. The number of hydrogen-bond donors (Lipinski definition) is 2. The maximum atomic E-state index is 11.9. The van der Waals surface area contributed by atoms with E-state index in [-0.39, 0.29) is 12.7 Å². The number of alkyl halides is 3. The Balaban J connectivity index is 0.000000493. The van der Waals surface area contributed by atoms with Crippen LogP contribution in [0.1, 0.15) is 25.0 Å². The molecule has 0 atom stereocenters. The molecule has 0 radical (unpaired) electrons. The number of hydrogen-bond acceptors (Lipinski definition) is 7. The normalized spacial score (nSPS) is 13.8. The summed E-state index contributed by atoms with van der Waals surface area (Å²) >= 11 is 1.49. The number of carboxylic acid groups (broad SMARTS) is 1. The standard InChI is InChI=1S/C27H28N4O2S.C2HF3O2/c32-27(33-17-24-18-34-19-29-24)28-13-10-20-11-14-31(15-12-20)26-7-3-6-25(30-26)23-9-8-21-4-1-2-5-22(21)16-23;3-2(4,5)1(6)7/h1-9,16,18-20H,10-15,17H2,(H,28,32);(H,6,7). The van der Waals surface area contributed by atoms with Gasteiger partial charge in [-0.3, -0.25) is 0 Å². The van der Waals surface area contributed by atoms with Gasteiger partial charge in [0.1, 0.15) is 12.4 Å². The highest BCUT2D eigenvalue weighted by atomic mass is 32.1. The lowest BCUT2D eigenvalue weighted by Gasteiger charge is -2.33. The number of carboxylic acids is 1. The van der Waals surface area contributed by atoms with E-state index in [0.717, 1.165) is 55.1 Å². The van der Waals surface area contributed by atoms with Crippen LogP contribution in [0.3, 0.4) is 0 Å². The largest absolute Gasteiger partial charge is 0.490 e. The third-order valence-electron chi connectivity index (χ3n) is 6.62. The molecule has 1 amide bonds. The summed E-state index contributed by atoms with van der Waals surface area (Å²) in [6, 6.07) is 21.2. The quantitative estimate of drug-likeness (QED) is 0.254. The fourth-order valence-corrected chi connectivity index (χ4v) is 4.98. The highest BCUT2D eigenvalue weighted by molar-refractivity contribution is 7.07. The SMILES string of the molecule is O=C(NCCC1CCN(c2cccc(-c3ccc4ccccc4c3)n2)CC1)OCc1cscn1.O=C(O)C(F)(F)F. The lowest BCUT2D eigenvalue weighted by Crippen LogP contribution is -2.35. The molecule has 41 heavy (non-hydrogen) atoms. The van der Waals surface area contributed by atoms with E-state index in [1.54, 1.807) is 5.51 Å². The topological polar surface area (TPSA) is 105 Å². The van der Waals surface area contributed by atoms with Gasteiger partial charge in [0.2, 0.25) is 0 Å². The Hall–Kier alpha value is -4.19. The lowest BCUT2D eigenvalue weighted by molar-refractivity contribution is -0.192. The van der Waals surface area contributed by atoms with Crippen molar-refractivity contribution in [1.29, 1.82) is 0 Å². The number of benzene rings is 2. The molecule has 1 saturated heterocycles. The Morgan fingerprint density at radius 2 is 1.78 bits per heavy atom. The van der Waals surface area contributed by atoms with Crippen LogP contribution in [-0.2, 0) is 16.1 Å². The molecular formula is C29H29F3N4O4S. The molecule has 4 aromatic rings. The molecular weight excluding hydrogens is 557 g/mol.